The van der Waals surface area contributed by atoms with Crippen LogP contribution in [0.1, 0.15) is 30.4 Å². The molecule has 0 bridgehead atoms. The monoisotopic (exact) mass is 499 g/mol. The van der Waals surface area contributed by atoms with E-state index in [4.69, 9.17) is 25.8 Å². The average Bonchev–Trinajstić information content (AvgIpc) is 3.37. The van der Waals surface area contributed by atoms with Crippen molar-refractivity contribution in [1.29, 1.82) is 0 Å². The number of methoxy groups -OCH3 is 1. The zero-order valence-electron chi connectivity index (χ0n) is 20.5. The summed E-state index contributed by atoms with van der Waals surface area (Å²) in [5, 5.41) is 11.8. The molecule has 35 heavy (non-hydrogen) atoms. The number of aromatic nitrogens is 2. The van der Waals surface area contributed by atoms with Crippen LogP contribution in [0.2, 0.25) is 5.02 Å². The van der Waals surface area contributed by atoms with E-state index in [1.165, 1.54) is 0 Å². The third-order valence-corrected chi connectivity index (χ3v) is 6.54. The number of hydrogen-bond donors (Lipinski definition) is 1. The number of likely N-dealkylation sites (tertiary alicyclic amines) is 1. The Labute approximate surface area is 212 Å². The van der Waals surface area contributed by atoms with E-state index in [0.717, 1.165) is 48.6 Å². The molecule has 1 saturated heterocycles. The predicted octanol–water partition coefficient (Wildman–Crippen LogP) is 4.73. The molecule has 4 rings (SSSR count). The van der Waals surface area contributed by atoms with Gasteiger partial charge in [0.25, 0.3) is 0 Å². The van der Waals surface area contributed by atoms with Crippen LogP contribution in [-0.2, 0) is 13.1 Å². The molecule has 7 nitrogen and oxygen atoms in total. The molecule has 0 unspecified atom stereocenters. The number of piperidine rings is 1. The Kier molecular flexibility index (Phi) is 8.55. The summed E-state index contributed by atoms with van der Waals surface area (Å²) in [4.78, 5) is 6.31. The normalized spacial score (nSPS) is 18.4. The van der Waals surface area contributed by atoms with E-state index in [0.29, 0.717) is 36.9 Å². The van der Waals surface area contributed by atoms with Gasteiger partial charge in [0.1, 0.15) is 18.0 Å². The van der Waals surface area contributed by atoms with Gasteiger partial charge in [-0.15, -0.1) is 0 Å². The first-order valence-corrected chi connectivity index (χ1v) is 12.4. The van der Waals surface area contributed by atoms with Crippen LogP contribution in [-0.4, -0.2) is 58.6 Å². The Bertz CT molecular complexity index is 1090. The van der Waals surface area contributed by atoms with Gasteiger partial charge in [-0.2, -0.15) is 0 Å². The Morgan fingerprint density at radius 1 is 1.11 bits per heavy atom. The maximum absolute atomic E-state index is 11.2. The molecule has 1 atom stereocenters. The molecule has 188 valence electrons. The fourth-order valence-electron chi connectivity index (χ4n) is 4.43. The lowest BCUT2D eigenvalue weighted by Crippen LogP contribution is -2.51. The SMILES string of the molecule is COc1cc(CN2CCC[C@](O)(COc3cc(C)ccc3Cl)C2)ccc1OCCCn1ccnc1. The lowest BCUT2D eigenvalue weighted by Gasteiger charge is -2.39. The third-order valence-electron chi connectivity index (χ3n) is 6.23. The minimum Gasteiger partial charge on any atom is -0.493 e. The van der Waals surface area contributed by atoms with Gasteiger partial charge < -0.3 is 23.9 Å². The molecule has 1 aromatic heterocycles. The van der Waals surface area contributed by atoms with E-state index in [2.05, 4.69) is 16.0 Å². The molecule has 0 spiro atoms. The summed E-state index contributed by atoms with van der Waals surface area (Å²) in [7, 11) is 1.66. The Hall–Kier alpha value is -2.74. The van der Waals surface area contributed by atoms with Gasteiger partial charge in [-0.05, 0) is 68.1 Å². The largest absolute Gasteiger partial charge is 0.493 e. The fourth-order valence-corrected chi connectivity index (χ4v) is 4.60. The predicted molar refractivity (Wildman–Crippen MR) is 136 cm³/mol. The summed E-state index contributed by atoms with van der Waals surface area (Å²) in [6, 6.07) is 11.7. The van der Waals surface area contributed by atoms with Crippen LogP contribution in [0.25, 0.3) is 0 Å². The maximum Gasteiger partial charge on any atom is 0.161 e. The minimum atomic E-state index is -0.923. The molecule has 2 heterocycles. The molecule has 0 amide bonds. The Morgan fingerprint density at radius 2 is 2.00 bits per heavy atom. The van der Waals surface area contributed by atoms with E-state index >= 15 is 0 Å². The second-order valence-corrected chi connectivity index (χ2v) is 9.66. The van der Waals surface area contributed by atoms with Gasteiger partial charge in [0.15, 0.2) is 11.5 Å². The van der Waals surface area contributed by atoms with Crippen molar-refractivity contribution in [3.8, 4) is 17.2 Å². The van der Waals surface area contributed by atoms with Gasteiger partial charge >= 0.3 is 0 Å². The first-order chi connectivity index (χ1) is 16.9. The van der Waals surface area contributed by atoms with Crippen molar-refractivity contribution in [2.24, 2.45) is 0 Å². The Morgan fingerprint density at radius 3 is 2.80 bits per heavy atom. The highest BCUT2D eigenvalue weighted by Crippen LogP contribution is 2.31. The van der Waals surface area contributed by atoms with E-state index in [9.17, 15) is 5.11 Å². The molecule has 1 fully saturated rings. The molecule has 3 aromatic rings. The van der Waals surface area contributed by atoms with Crippen molar-refractivity contribution >= 4 is 11.6 Å². The zero-order chi connectivity index (χ0) is 24.7. The van der Waals surface area contributed by atoms with Crippen molar-refractivity contribution in [3.63, 3.8) is 0 Å². The molecule has 1 N–H and O–H groups in total. The van der Waals surface area contributed by atoms with Crippen molar-refractivity contribution in [2.75, 3.05) is 33.4 Å². The minimum absolute atomic E-state index is 0.210. The zero-order valence-corrected chi connectivity index (χ0v) is 21.2. The molecule has 1 aliphatic rings. The van der Waals surface area contributed by atoms with Crippen molar-refractivity contribution in [2.45, 2.75) is 44.9 Å². The highest BCUT2D eigenvalue weighted by Gasteiger charge is 2.34. The van der Waals surface area contributed by atoms with Gasteiger partial charge in [-0.25, -0.2) is 4.98 Å². The molecule has 1 aliphatic heterocycles. The van der Waals surface area contributed by atoms with E-state index < -0.39 is 5.60 Å². The second-order valence-electron chi connectivity index (χ2n) is 9.25. The number of aryl methyl sites for hydroxylation is 2. The van der Waals surface area contributed by atoms with E-state index in [1.54, 1.807) is 19.6 Å². The number of benzene rings is 2. The van der Waals surface area contributed by atoms with Crippen LogP contribution in [0.5, 0.6) is 17.2 Å². The van der Waals surface area contributed by atoms with Crippen molar-refractivity contribution < 1.29 is 19.3 Å². The van der Waals surface area contributed by atoms with E-state index in [-0.39, 0.29) is 6.61 Å². The number of rotatable bonds is 11. The van der Waals surface area contributed by atoms with Crippen LogP contribution < -0.4 is 14.2 Å². The second kappa shape index (κ2) is 11.8. The summed E-state index contributed by atoms with van der Waals surface area (Å²) in [6.07, 6.45) is 8.00. The molecule has 2 aromatic carbocycles. The van der Waals surface area contributed by atoms with Crippen LogP contribution in [0.3, 0.4) is 0 Å². The first-order valence-electron chi connectivity index (χ1n) is 12.0. The van der Waals surface area contributed by atoms with Crippen LogP contribution in [0.15, 0.2) is 55.1 Å². The average molecular weight is 500 g/mol. The molecule has 8 heteroatoms. The standard InChI is InChI=1S/C27H34ClN3O4/c1-21-5-7-23(28)25(15-21)35-19-27(32)9-3-11-31(18-27)17-22-6-8-24(26(16-22)33-2)34-14-4-12-30-13-10-29-20-30/h5-8,10,13,15-16,20,32H,3-4,9,11-12,14,17-19H2,1-2H3/t27-/m1/s1. The quantitative estimate of drug-likeness (QED) is 0.385. The third kappa shape index (κ3) is 7.13. The van der Waals surface area contributed by atoms with Crippen LogP contribution in [0.4, 0.5) is 0 Å². The van der Waals surface area contributed by atoms with Crippen LogP contribution in [0, 0.1) is 6.92 Å². The Balaban J connectivity index is 1.30. The lowest BCUT2D eigenvalue weighted by molar-refractivity contribution is -0.0621. The van der Waals surface area contributed by atoms with Gasteiger partial charge in [-0.3, -0.25) is 4.90 Å². The summed E-state index contributed by atoms with van der Waals surface area (Å²) < 4.78 is 19.5. The molecule has 0 radical (unpaired) electrons. The molecular weight excluding hydrogens is 466 g/mol. The number of aliphatic hydroxyl groups is 1. The molecular formula is C27H34ClN3O4. The van der Waals surface area contributed by atoms with Crippen molar-refractivity contribution in [3.05, 3.63) is 71.3 Å². The smallest absolute Gasteiger partial charge is 0.161 e. The van der Waals surface area contributed by atoms with Crippen molar-refractivity contribution in [1.82, 2.24) is 14.5 Å². The maximum atomic E-state index is 11.2. The number of β-amino-alcohol motifs (C(OH)–C–C–N with tert-alkyl or cyclic N) is 1. The highest BCUT2D eigenvalue weighted by atomic mass is 35.5. The summed E-state index contributed by atoms with van der Waals surface area (Å²) >= 11 is 6.26. The summed E-state index contributed by atoms with van der Waals surface area (Å²) in [6.45, 7) is 5.82. The number of imidazole rings is 1. The van der Waals surface area contributed by atoms with Gasteiger partial charge in [-0.1, -0.05) is 23.7 Å². The van der Waals surface area contributed by atoms with Gasteiger partial charge in [0.2, 0.25) is 0 Å². The first kappa shape index (κ1) is 25.4. The van der Waals surface area contributed by atoms with Gasteiger partial charge in [0.05, 0.1) is 25.1 Å². The number of hydrogen-bond acceptors (Lipinski definition) is 6. The summed E-state index contributed by atoms with van der Waals surface area (Å²) in [5.41, 5.74) is 1.26. The number of ether oxygens (including phenoxy) is 3. The number of halogens is 1. The lowest BCUT2D eigenvalue weighted by atomic mass is 9.93. The topological polar surface area (TPSA) is 69.0 Å². The summed E-state index contributed by atoms with van der Waals surface area (Å²) in [5.74, 6) is 2.07. The molecule has 0 aliphatic carbocycles. The van der Waals surface area contributed by atoms with Crippen LogP contribution >= 0.6 is 11.6 Å². The van der Waals surface area contributed by atoms with Gasteiger partial charge in [0, 0.05) is 32.0 Å². The molecule has 0 saturated carbocycles. The highest BCUT2D eigenvalue weighted by molar-refractivity contribution is 6.32. The number of nitrogens with zero attached hydrogens (tertiary/aromatic N) is 3. The fraction of sp³-hybridized carbons (Fsp3) is 0.444. The van der Waals surface area contributed by atoms with E-state index in [1.807, 2.05) is 48.0 Å².